The lowest BCUT2D eigenvalue weighted by Gasteiger charge is -2.14. The zero-order valence-electron chi connectivity index (χ0n) is 14.1. The van der Waals surface area contributed by atoms with Gasteiger partial charge < -0.3 is 14.8 Å². The average molecular weight is 357 g/mol. The van der Waals surface area contributed by atoms with Crippen molar-refractivity contribution in [2.75, 3.05) is 19.5 Å². The highest BCUT2D eigenvalue weighted by Crippen LogP contribution is 2.36. The number of halogens is 1. The van der Waals surface area contributed by atoms with Crippen molar-refractivity contribution in [2.45, 2.75) is 6.92 Å². The fraction of sp³-hybridized carbons (Fsp3) is 0.158. The minimum atomic E-state index is -0.263. The van der Waals surface area contributed by atoms with E-state index < -0.39 is 0 Å². The van der Waals surface area contributed by atoms with E-state index in [1.54, 1.807) is 18.2 Å². The first-order valence-corrected chi connectivity index (χ1v) is 8.00. The molecule has 1 amide bonds. The standard InChI is InChI=1S/C19H17ClN2O3/c1-11-8-13(12-6-4-5-7-15(12)21-11)19(23)22-16-9-14(20)17(24-2)10-18(16)25-3/h4-10H,1-3H3,(H,22,23). The van der Waals surface area contributed by atoms with Crippen LogP contribution < -0.4 is 14.8 Å². The maximum atomic E-state index is 12.8. The predicted molar refractivity (Wildman–Crippen MR) is 99.0 cm³/mol. The monoisotopic (exact) mass is 356 g/mol. The van der Waals surface area contributed by atoms with Crippen LogP contribution in [-0.4, -0.2) is 25.1 Å². The number of rotatable bonds is 4. The van der Waals surface area contributed by atoms with Crippen molar-refractivity contribution < 1.29 is 14.3 Å². The molecule has 1 aromatic heterocycles. The maximum Gasteiger partial charge on any atom is 0.256 e. The van der Waals surface area contributed by atoms with Crippen LogP contribution >= 0.6 is 11.6 Å². The Morgan fingerprint density at radius 3 is 2.52 bits per heavy atom. The van der Waals surface area contributed by atoms with Gasteiger partial charge in [-0.2, -0.15) is 0 Å². The van der Waals surface area contributed by atoms with E-state index >= 15 is 0 Å². The van der Waals surface area contributed by atoms with Gasteiger partial charge in [0.1, 0.15) is 11.5 Å². The highest BCUT2D eigenvalue weighted by atomic mass is 35.5. The van der Waals surface area contributed by atoms with Gasteiger partial charge in [-0.1, -0.05) is 29.8 Å². The number of fused-ring (bicyclic) bond motifs is 1. The normalized spacial score (nSPS) is 10.6. The number of benzene rings is 2. The second-order valence-electron chi connectivity index (χ2n) is 5.47. The summed E-state index contributed by atoms with van der Waals surface area (Å²) >= 11 is 6.17. The number of para-hydroxylation sites is 1. The van der Waals surface area contributed by atoms with Gasteiger partial charge in [-0.3, -0.25) is 9.78 Å². The number of carbonyl (C=O) groups is 1. The number of nitrogens with zero attached hydrogens (tertiary/aromatic N) is 1. The zero-order chi connectivity index (χ0) is 18.0. The van der Waals surface area contributed by atoms with Crippen LogP contribution in [0.1, 0.15) is 16.1 Å². The van der Waals surface area contributed by atoms with Gasteiger partial charge in [0.15, 0.2) is 0 Å². The summed E-state index contributed by atoms with van der Waals surface area (Å²) < 4.78 is 10.5. The molecule has 1 heterocycles. The first-order valence-electron chi connectivity index (χ1n) is 7.62. The van der Waals surface area contributed by atoms with Crippen LogP contribution in [0.15, 0.2) is 42.5 Å². The van der Waals surface area contributed by atoms with Crippen LogP contribution in [0.3, 0.4) is 0 Å². The van der Waals surface area contributed by atoms with E-state index in [-0.39, 0.29) is 5.91 Å². The number of carbonyl (C=O) groups excluding carboxylic acids is 1. The molecule has 1 N–H and O–H groups in total. The molecule has 0 unspecified atom stereocenters. The Labute approximate surface area is 150 Å². The molecule has 0 aliphatic heterocycles. The molecule has 3 aromatic rings. The third kappa shape index (κ3) is 3.37. The molecule has 0 spiro atoms. The molecule has 3 rings (SSSR count). The van der Waals surface area contributed by atoms with Gasteiger partial charge in [-0.25, -0.2) is 0 Å². The number of anilines is 1. The number of methoxy groups -OCH3 is 2. The molecule has 2 aromatic carbocycles. The smallest absolute Gasteiger partial charge is 0.256 e. The number of aryl methyl sites for hydroxylation is 1. The molecule has 6 heteroatoms. The first-order chi connectivity index (χ1) is 12.0. The molecule has 0 fully saturated rings. The van der Waals surface area contributed by atoms with Crippen LogP contribution in [0.2, 0.25) is 5.02 Å². The third-order valence-electron chi connectivity index (χ3n) is 3.81. The highest BCUT2D eigenvalue weighted by Gasteiger charge is 2.16. The molecule has 0 saturated heterocycles. The van der Waals surface area contributed by atoms with E-state index in [0.29, 0.717) is 27.8 Å². The summed E-state index contributed by atoms with van der Waals surface area (Å²) in [5.74, 6) is 0.674. The fourth-order valence-electron chi connectivity index (χ4n) is 2.64. The topological polar surface area (TPSA) is 60.5 Å². The van der Waals surface area contributed by atoms with Gasteiger partial charge in [-0.15, -0.1) is 0 Å². The van der Waals surface area contributed by atoms with Crippen molar-refractivity contribution >= 4 is 34.1 Å². The number of ether oxygens (including phenoxy) is 2. The number of hydrogen-bond donors (Lipinski definition) is 1. The molecule has 0 aliphatic rings. The lowest BCUT2D eigenvalue weighted by molar-refractivity contribution is 0.102. The van der Waals surface area contributed by atoms with E-state index in [2.05, 4.69) is 10.3 Å². The second-order valence-corrected chi connectivity index (χ2v) is 5.88. The van der Waals surface area contributed by atoms with Gasteiger partial charge in [0.2, 0.25) is 0 Å². The summed E-state index contributed by atoms with van der Waals surface area (Å²) in [5.41, 5.74) is 2.55. The second kappa shape index (κ2) is 6.99. The summed E-state index contributed by atoms with van der Waals surface area (Å²) in [5, 5.41) is 4.02. The Hall–Kier alpha value is -2.79. The molecular weight excluding hydrogens is 340 g/mol. The van der Waals surface area contributed by atoms with Crippen molar-refractivity contribution in [2.24, 2.45) is 0 Å². The van der Waals surface area contributed by atoms with E-state index in [1.165, 1.54) is 14.2 Å². The lowest BCUT2D eigenvalue weighted by atomic mass is 10.1. The van der Waals surface area contributed by atoms with Crippen molar-refractivity contribution in [1.82, 2.24) is 4.98 Å². The molecular formula is C19H17ClN2O3. The Kier molecular flexibility index (Phi) is 4.76. The van der Waals surface area contributed by atoms with E-state index in [0.717, 1.165) is 16.6 Å². The molecule has 0 radical (unpaired) electrons. The van der Waals surface area contributed by atoms with Crippen molar-refractivity contribution in [3.8, 4) is 11.5 Å². The molecule has 5 nitrogen and oxygen atoms in total. The number of aromatic nitrogens is 1. The Balaban J connectivity index is 2.02. The van der Waals surface area contributed by atoms with Crippen LogP contribution in [0.4, 0.5) is 5.69 Å². The van der Waals surface area contributed by atoms with E-state index in [9.17, 15) is 4.79 Å². The Bertz CT molecular complexity index is 957. The maximum absolute atomic E-state index is 12.8. The predicted octanol–water partition coefficient (Wildman–Crippen LogP) is 4.47. The van der Waals surface area contributed by atoms with Crippen LogP contribution in [0.25, 0.3) is 10.9 Å². The minimum absolute atomic E-state index is 0.263. The highest BCUT2D eigenvalue weighted by molar-refractivity contribution is 6.32. The summed E-state index contributed by atoms with van der Waals surface area (Å²) in [7, 11) is 3.04. The molecule has 0 atom stereocenters. The van der Waals surface area contributed by atoms with E-state index in [1.807, 2.05) is 31.2 Å². The number of pyridine rings is 1. The van der Waals surface area contributed by atoms with Gasteiger partial charge in [0.05, 0.1) is 36.0 Å². The van der Waals surface area contributed by atoms with Crippen LogP contribution in [0.5, 0.6) is 11.5 Å². The van der Waals surface area contributed by atoms with Gasteiger partial charge in [0.25, 0.3) is 5.91 Å². The SMILES string of the molecule is COc1cc(OC)c(NC(=O)c2cc(C)nc3ccccc23)cc1Cl. The van der Waals surface area contributed by atoms with E-state index in [4.69, 9.17) is 21.1 Å². The molecule has 25 heavy (non-hydrogen) atoms. The number of hydrogen-bond acceptors (Lipinski definition) is 4. The minimum Gasteiger partial charge on any atom is -0.495 e. The quantitative estimate of drug-likeness (QED) is 0.749. The summed E-state index contributed by atoms with van der Waals surface area (Å²) in [6.07, 6.45) is 0. The summed E-state index contributed by atoms with van der Waals surface area (Å²) in [6.45, 7) is 1.86. The largest absolute Gasteiger partial charge is 0.495 e. The molecule has 0 saturated carbocycles. The van der Waals surface area contributed by atoms with Crippen molar-refractivity contribution in [1.29, 1.82) is 0 Å². The number of amides is 1. The average Bonchev–Trinajstić information content (AvgIpc) is 2.61. The van der Waals surface area contributed by atoms with Crippen molar-refractivity contribution in [3.63, 3.8) is 0 Å². The molecule has 0 aliphatic carbocycles. The first kappa shape index (κ1) is 17.0. The van der Waals surface area contributed by atoms with Gasteiger partial charge in [0, 0.05) is 17.1 Å². The molecule has 128 valence electrons. The summed E-state index contributed by atoms with van der Waals surface area (Å²) in [6, 6.07) is 12.5. The molecule has 0 bridgehead atoms. The van der Waals surface area contributed by atoms with Gasteiger partial charge in [-0.05, 0) is 25.1 Å². The number of nitrogens with one attached hydrogen (secondary N) is 1. The van der Waals surface area contributed by atoms with Crippen molar-refractivity contribution in [3.05, 3.63) is 58.7 Å². The Morgan fingerprint density at radius 1 is 1.08 bits per heavy atom. The third-order valence-corrected chi connectivity index (χ3v) is 4.11. The van der Waals surface area contributed by atoms with Gasteiger partial charge >= 0.3 is 0 Å². The Morgan fingerprint density at radius 2 is 1.80 bits per heavy atom. The van der Waals surface area contributed by atoms with Crippen LogP contribution in [0, 0.1) is 6.92 Å². The fourth-order valence-corrected chi connectivity index (χ4v) is 2.88. The summed E-state index contributed by atoms with van der Waals surface area (Å²) in [4.78, 5) is 17.3. The lowest BCUT2D eigenvalue weighted by Crippen LogP contribution is -2.14. The zero-order valence-corrected chi connectivity index (χ0v) is 14.8. The van der Waals surface area contributed by atoms with Crippen LogP contribution in [-0.2, 0) is 0 Å².